The monoisotopic (exact) mass is 478 g/mol. The Morgan fingerprint density at radius 3 is 2.70 bits per heavy atom. The van der Waals surface area contributed by atoms with Gasteiger partial charge in [0.15, 0.2) is 11.5 Å². The number of fused-ring (bicyclic) bond motifs is 1. The van der Waals surface area contributed by atoms with Gasteiger partial charge in [-0.2, -0.15) is 0 Å². The summed E-state index contributed by atoms with van der Waals surface area (Å²) < 4.78 is 6.38. The highest BCUT2D eigenvalue weighted by Gasteiger charge is 2.27. The molecule has 140 valence electrons. The molecule has 1 heterocycles. The summed E-state index contributed by atoms with van der Waals surface area (Å²) in [6.45, 7) is 2.95. The number of rotatable bonds is 6. The Hall–Kier alpha value is -2.55. The van der Waals surface area contributed by atoms with Crippen molar-refractivity contribution in [1.82, 2.24) is 10.6 Å². The molecule has 0 aromatic heterocycles. The second-order valence-corrected chi connectivity index (χ2v) is 7.31. The van der Waals surface area contributed by atoms with E-state index in [4.69, 9.17) is 4.74 Å². The third-order valence-electron chi connectivity index (χ3n) is 4.03. The maximum atomic E-state index is 12.2. The summed E-state index contributed by atoms with van der Waals surface area (Å²) in [6.07, 6.45) is 2.45. The van der Waals surface area contributed by atoms with Crippen LogP contribution in [0, 0.1) is 3.57 Å². The first kappa shape index (κ1) is 19.2. The van der Waals surface area contributed by atoms with Gasteiger partial charge in [-0.3, -0.25) is 14.9 Å². The molecule has 0 atom stereocenters. The van der Waals surface area contributed by atoms with Crippen LogP contribution in [0.25, 0.3) is 5.57 Å². The molecular weight excluding hydrogens is 459 g/mol. The molecule has 3 rings (SSSR count). The van der Waals surface area contributed by atoms with E-state index < -0.39 is 11.8 Å². The molecule has 0 bridgehead atoms. The molecule has 0 unspecified atom stereocenters. The zero-order valence-corrected chi connectivity index (χ0v) is 16.9. The first-order chi connectivity index (χ1) is 13.0. The number of aromatic hydroxyl groups is 1. The summed E-state index contributed by atoms with van der Waals surface area (Å²) in [5, 5.41) is 15.5. The Morgan fingerprint density at radius 1 is 1.15 bits per heavy atom. The maximum absolute atomic E-state index is 12.2. The van der Waals surface area contributed by atoms with Crippen molar-refractivity contribution < 1.29 is 19.4 Å². The quantitative estimate of drug-likeness (QED) is 0.337. The maximum Gasteiger partial charge on any atom is 0.260 e. The lowest BCUT2D eigenvalue weighted by molar-refractivity contribution is -0.114. The normalized spacial score (nSPS) is 14.7. The number of phenols is 1. The van der Waals surface area contributed by atoms with E-state index in [-0.39, 0.29) is 5.75 Å². The van der Waals surface area contributed by atoms with Gasteiger partial charge < -0.3 is 15.2 Å². The van der Waals surface area contributed by atoms with Crippen molar-refractivity contribution in [3.05, 3.63) is 62.9 Å². The lowest BCUT2D eigenvalue weighted by Gasteiger charge is -2.18. The molecule has 6 nitrogen and oxygen atoms in total. The summed E-state index contributed by atoms with van der Waals surface area (Å²) in [5.41, 5.74) is 2.31. The van der Waals surface area contributed by atoms with Gasteiger partial charge in [0.2, 0.25) is 0 Å². The Bertz CT molecular complexity index is 924. The SMILES string of the molecule is CCCOc1ccc(CN/C=C2\C(=O)NC(=O)c3ccc(I)cc32)cc1O. The number of ether oxygens (including phenoxy) is 1. The highest BCUT2D eigenvalue weighted by atomic mass is 127. The van der Waals surface area contributed by atoms with E-state index in [1.165, 1.54) is 0 Å². The van der Waals surface area contributed by atoms with Crippen molar-refractivity contribution in [3.63, 3.8) is 0 Å². The van der Waals surface area contributed by atoms with Crippen molar-refractivity contribution in [2.24, 2.45) is 0 Å². The summed E-state index contributed by atoms with van der Waals surface area (Å²) in [4.78, 5) is 24.2. The third-order valence-corrected chi connectivity index (χ3v) is 4.70. The van der Waals surface area contributed by atoms with Crippen molar-refractivity contribution in [2.45, 2.75) is 19.9 Å². The van der Waals surface area contributed by atoms with Crippen molar-refractivity contribution in [3.8, 4) is 11.5 Å². The molecule has 0 saturated carbocycles. The lowest BCUT2D eigenvalue weighted by Crippen LogP contribution is -2.37. The molecule has 0 aliphatic carbocycles. The highest BCUT2D eigenvalue weighted by molar-refractivity contribution is 14.1. The Balaban J connectivity index is 1.76. The van der Waals surface area contributed by atoms with Crippen LogP contribution in [-0.2, 0) is 11.3 Å². The van der Waals surface area contributed by atoms with Gasteiger partial charge in [-0.05, 0) is 64.9 Å². The molecule has 27 heavy (non-hydrogen) atoms. The predicted molar refractivity (Wildman–Crippen MR) is 110 cm³/mol. The van der Waals surface area contributed by atoms with Crippen LogP contribution in [0.1, 0.15) is 34.8 Å². The lowest BCUT2D eigenvalue weighted by atomic mass is 9.95. The van der Waals surface area contributed by atoms with E-state index in [0.29, 0.717) is 35.6 Å². The van der Waals surface area contributed by atoms with E-state index in [1.807, 2.05) is 25.1 Å². The van der Waals surface area contributed by atoms with Gasteiger partial charge in [-0.25, -0.2) is 0 Å². The van der Waals surface area contributed by atoms with Gasteiger partial charge in [-0.15, -0.1) is 0 Å². The largest absolute Gasteiger partial charge is 0.504 e. The zero-order chi connectivity index (χ0) is 19.4. The Morgan fingerprint density at radius 2 is 1.96 bits per heavy atom. The van der Waals surface area contributed by atoms with E-state index >= 15 is 0 Å². The fraction of sp³-hybridized carbons (Fsp3) is 0.200. The summed E-state index contributed by atoms with van der Waals surface area (Å²) in [6, 6.07) is 10.5. The fourth-order valence-corrected chi connectivity index (χ4v) is 3.21. The third kappa shape index (κ3) is 4.41. The number of hydrogen-bond donors (Lipinski definition) is 3. The number of benzene rings is 2. The molecule has 3 N–H and O–H groups in total. The van der Waals surface area contributed by atoms with E-state index in [2.05, 4.69) is 33.2 Å². The first-order valence-corrected chi connectivity index (χ1v) is 9.61. The van der Waals surface area contributed by atoms with Gasteiger partial charge in [-0.1, -0.05) is 13.0 Å². The van der Waals surface area contributed by atoms with Crippen LogP contribution in [0.2, 0.25) is 0 Å². The van der Waals surface area contributed by atoms with Crippen LogP contribution >= 0.6 is 22.6 Å². The second kappa shape index (κ2) is 8.43. The average molecular weight is 478 g/mol. The van der Waals surface area contributed by atoms with Gasteiger partial charge in [0.05, 0.1) is 12.2 Å². The molecule has 1 aliphatic heterocycles. The number of carbonyl (C=O) groups excluding carboxylic acids is 2. The van der Waals surface area contributed by atoms with Crippen molar-refractivity contribution >= 4 is 40.0 Å². The molecule has 1 aliphatic rings. The highest BCUT2D eigenvalue weighted by Crippen LogP contribution is 2.28. The number of amides is 2. The standard InChI is InChI=1S/C20H19IN2O4/c1-2-7-27-18-6-3-12(8-17(18)24)10-22-11-16-15-9-13(21)4-5-14(15)19(25)23-20(16)26/h3-6,8-9,11,22,24H,2,7,10H2,1H3,(H,23,25,26)/b16-11-. The van der Waals surface area contributed by atoms with Crippen LogP contribution in [0.4, 0.5) is 0 Å². The van der Waals surface area contributed by atoms with Crippen LogP contribution < -0.4 is 15.4 Å². The van der Waals surface area contributed by atoms with E-state index in [0.717, 1.165) is 15.6 Å². The first-order valence-electron chi connectivity index (χ1n) is 8.53. The summed E-state index contributed by atoms with van der Waals surface area (Å²) in [5.74, 6) is -0.298. The number of halogens is 1. The Kier molecular flexibility index (Phi) is 6.00. The smallest absolute Gasteiger partial charge is 0.260 e. The predicted octanol–water partition coefficient (Wildman–Crippen LogP) is 3.19. The minimum atomic E-state index is -0.437. The Labute approximate surface area is 170 Å². The number of nitrogens with one attached hydrogen (secondary N) is 2. The summed E-state index contributed by atoms with van der Waals surface area (Å²) in [7, 11) is 0. The molecule has 0 radical (unpaired) electrons. The topological polar surface area (TPSA) is 87.7 Å². The molecule has 0 spiro atoms. The molecule has 2 aromatic carbocycles. The van der Waals surface area contributed by atoms with Gasteiger partial charge in [0.25, 0.3) is 11.8 Å². The minimum Gasteiger partial charge on any atom is -0.504 e. The number of phenolic OH excluding ortho intramolecular Hbond substituents is 1. The molecule has 0 saturated heterocycles. The van der Waals surface area contributed by atoms with Crippen molar-refractivity contribution in [1.29, 1.82) is 0 Å². The zero-order valence-electron chi connectivity index (χ0n) is 14.7. The van der Waals surface area contributed by atoms with Crippen LogP contribution in [0.15, 0.2) is 42.6 Å². The van der Waals surface area contributed by atoms with Gasteiger partial charge in [0, 0.05) is 27.4 Å². The van der Waals surface area contributed by atoms with Crippen molar-refractivity contribution in [2.75, 3.05) is 6.61 Å². The van der Waals surface area contributed by atoms with E-state index in [1.54, 1.807) is 24.4 Å². The van der Waals surface area contributed by atoms with Crippen LogP contribution in [0.5, 0.6) is 11.5 Å². The van der Waals surface area contributed by atoms with Crippen LogP contribution in [0.3, 0.4) is 0 Å². The molecule has 2 aromatic rings. The average Bonchev–Trinajstić information content (AvgIpc) is 2.63. The number of imide groups is 1. The summed E-state index contributed by atoms with van der Waals surface area (Å²) >= 11 is 2.14. The second-order valence-electron chi connectivity index (χ2n) is 6.06. The van der Waals surface area contributed by atoms with Gasteiger partial charge in [0.1, 0.15) is 0 Å². The minimum absolute atomic E-state index is 0.0799. The molecule has 2 amide bonds. The van der Waals surface area contributed by atoms with Crippen LogP contribution in [-0.4, -0.2) is 23.5 Å². The van der Waals surface area contributed by atoms with Gasteiger partial charge >= 0.3 is 0 Å². The molecular formula is C20H19IN2O4. The fourth-order valence-electron chi connectivity index (χ4n) is 2.72. The molecule has 7 heteroatoms. The van der Waals surface area contributed by atoms with E-state index in [9.17, 15) is 14.7 Å². The number of hydrogen-bond acceptors (Lipinski definition) is 5. The molecule has 0 fully saturated rings. The number of carbonyl (C=O) groups is 2.